The summed E-state index contributed by atoms with van der Waals surface area (Å²) < 4.78 is 6.25. The van der Waals surface area contributed by atoms with Gasteiger partial charge in [-0.25, -0.2) is 4.79 Å². The van der Waals surface area contributed by atoms with Gasteiger partial charge in [-0.15, -0.1) is 29.9 Å². The van der Waals surface area contributed by atoms with Gasteiger partial charge in [-0.05, 0) is 45.0 Å². The van der Waals surface area contributed by atoms with E-state index in [2.05, 4.69) is 31.0 Å². The zero-order valence-corrected chi connectivity index (χ0v) is 20.8. The zero-order chi connectivity index (χ0) is 23.6. The second kappa shape index (κ2) is 11.3. The van der Waals surface area contributed by atoms with Gasteiger partial charge in [-0.2, -0.15) is 4.68 Å². The summed E-state index contributed by atoms with van der Waals surface area (Å²) >= 11 is 0. The van der Waals surface area contributed by atoms with E-state index >= 15 is 0 Å². The predicted molar refractivity (Wildman–Crippen MR) is 132 cm³/mol. The molecule has 11 nitrogen and oxygen atoms in total. The molecule has 0 saturated carbocycles. The smallest absolute Gasteiger partial charge is 0.435 e. The highest BCUT2D eigenvalue weighted by Crippen LogP contribution is 2.40. The number of halogens is 2. The minimum absolute atomic E-state index is 0. The van der Waals surface area contributed by atoms with Crippen molar-refractivity contribution >= 4 is 48.5 Å². The van der Waals surface area contributed by atoms with Crippen molar-refractivity contribution in [2.75, 3.05) is 11.9 Å². The summed E-state index contributed by atoms with van der Waals surface area (Å²) in [6, 6.07) is 9.93. The van der Waals surface area contributed by atoms with Crippen LogP contribution < -0.4 is 16.0 Å². The molecule has 1 unspecified atom stereocenters. The molecule has 3 N–H and O–H groups in total. The number of pyridine rings is 2. The Morgan fingerprint density at radius 3 is 2.17 bits per heavy atom. The Hall–Kier alpha value is -3.54. The number of hydrogen-bond acceptors (Lipinski definition) is 8. The lowest BCUT2D eigenvalue weighted by Gasteiger charge is -2.23. The number of hydrogen-bond donors (Lipinski definition) is 3. The molecule has 0 radical (unpaired) electrons. The Labute approximate surface area is 213 Å². The number of carbonyl (C=O) groups excluding carboxylic acids is 3. The minimum Gasteiger partial charge on any atom is -0.448 e. The van der Waals surface area contributed by atoms with E-state index in [1.54, 1.807) is 43.3 Å². The lowest BCUT2D eigenvalue weighted by molar-refractivity contribution is 0.0920. The molecule has 1 aliphatic heterocycles. The van der Waals surface area contributed by atoms with Crippen molar-refractivity contribution in [3.8, 4) is 0 Å². The lowest BCUT2D eigenvalue weighted by atomic mass is 10.0. The van der Waals surface area contributed by atoms with Crippen LogP contribution in [-0.4, -0.2) is 44.3 Å². The van der Waals surface area contributed by atoms with Crippen molar-refractivity contribution < 1.29 is 19.1 Å². The fourth-order valence-corrected chi connectivity index (χ4v) is 3.69. The van der Waals surface area contributed by atoms with Gasteiger partial charge in [-0.1, -0.05) is 12.1 Å². The summed E-state index contributed by atoms with van der Waals surface area (Å²) in [5.74, 6) is -0.827. The molecule has 0 bridgehead atoms. The minimum atomic E-state index is -0.787. The third-order valence-corrected chi connectivity index (χ3v) is 5.05. The van der Waals surface area contributed by atoms with Gasteiger partial charge >= 0.3 is 6.09 Å². The molecule has 1 atom stereocenters. The van der Waals surface area contributed by atoms with E-state index < -0.39 is 29.6 Å². The Balaban J connectivity index is 0.00000216. The summed E-state index contributed by atoms with van der Waals surface area (Å²) in [5, 5.41) is 13.2. The highest BCUT2D eigenvalue weighted by molar-refractivity contribution is 6.03. The number of anilines is 1. The average Bonchev–Trinajstić information content (AvgIpc) is 3.31. The Morgan fingerprint density at radius 1 is 1.03 bits per heavy atom. The maximum Gasteiger partial charge on any atom is 0.435 e. The molecule has 0 spiro atoms. The molecule has 0 fully saturated rings. The quantitative estimate of drug-likeness (QED) is 0.465. The molecular weight excluding hydrogens is 497 g/mol. The van der Waals surface area contributed by atoms with E-state index in [-0.39, 0.29) is 48.6 Å². The summed E-state index contributed by atoms with van der Waals surface area (Å²) in [6.45, 7) is 5.50. The number of fused-ring (bicyclic) bond motifs is 1. The highest BCUT2D eigenvalue weighted by atomic mass is 35.5. The molecule has 186 valence electrons. The van der Waals surface area contributed by atoms with Crippen LogP contribution in [0, 0.1) is 0 Å². The van der Waals surface area contributed by atoms with Crippen molar-refractivity contribution in [3.05, 3.63) is 71.4 Å². The zero-order valence-electron chi connectivity index (χ0n) is 19.1. The molecule has 4 rings (SSSR count). The first kappa shape index (κ1) is 27.7. The van der Waals surface area contributed by atoms with Crippen molar-refractivity contribution in [3.63, 3.8) is 0 Å². The largest absolute Gasteiger partial charge is 0.448 e. The van der Waals surface area contributed by atoms with Gasteiger partial charge in [0.1, 0.15) is 17.6 Å². The van der Waals surface area contributed by atoms with Crippen LogP contribution in [-0.2, 0) is 10.3 Å². The van der Waals surface area contributed by atoms with Gasteiger partial charge in [0, 0.05) is 12.4 Å². The molecule has 2 amide bonds. The Bertz CT molecular complexity index is 1200. The fraction of sp³-hybridized carbons (Fsp3) is 0.273. The van der Waals surface area contributed by atoms with E-state index in [1.807, 2.05) is 13.8 Å². The number of carbonyl (C=O) groups is 3. The molecule has 0 aromatic carbocycles. The Kier molecular flexibility index (Phi) is 8.91. The molecule has 3 aromatic heterocycles. The first-order valence-electron chi connectivity index (χ1n) is 10.3. The van der Waals surface area contributed by atoms with Crippen molar-refractivity contribution in [1.29, 1.82) is 0 Å². The fourth-order valence-electron chi connectivity index (χ4n) is 3.69. The topological polar surface area (TPSA) is 140 Å². The number of nitrogens with one attached hydrogen (secondary N) is 3. The molecule has 0 saturated heterocycles. The number of ether oxygens (including phenoxy) is 1. The highest BCUT2D eigenvalue weighted by Gasteiger charge is 2.45. The third kappa shape index (κ3) is 5.59. The number of amides is 2. The van der Waals surface area contributed by atoms with Gasteiger partial charge in [0.15, 0.2) is 5.82 Å². The second-order valence-corrected chi connectivity index (χ2v) is 7.78. The Morgan fingerprint density at radius 2 is 1.63 bits per heavy atom. The summed E-state index contributed by atoms with van der Waals surface area (Å²) in [4.78, 5) is 46.3. The van der Waals surface area contributed by atoms with Crippen LogP contribution in [0.1, 0.15) is 59.2 Å². The van der Waals surface area contributed by atoms with Gasteiger partial charge < -0.3 is 15.4 Å². The van der Waals surface area contributed by atoms with Gasteiger partial charge in [-0.3, -0.25) is 24.9 Å². The summed E-state index contributed by atoms with van der Waals surface area (Å²) in [5.41, 5.74) is 0.523. The van der Waals surface area contributed by atoms with Gasteiger partial charge in [0.05, 0.1) is 23.4 Å². The number of aromatic nitrogens is 4. The van der Waals surface area contributed by atoms with Crippen LogP contribution >= 0.6 is 24.8 Å². The first-order valence-corrected chi connectivity index (χ1v) is 10.3. The molecule has 4 heterocycles. The number of nitrogens with zero attached hydrogens (tertiary/aromatic N) is 4. The monoisotopic (exact) mass is 521 g/mol. The third-order valence-electron chi connectivity index (χ3n) is 5.05. The van der Waals surface area contributed by atoms with E-state index in [1.165, 1.54) is 12.4 Å². The van der Waals surface area contributed by atoms with Crippen molar-refractivity contribution in [2.45, 2.75) is 32.5 Å². The second-order valence-electron chi connectivity index (χ2n) is 7.78. The molecule has 13 heteroatoms. The van der Waals surface area contributed by atoms with Crippen LogP contribution in [0.2, 0.25) is 0 Å². The van der Waals surface area contributed by atoms with E-state index in [9.17, 15) is 14.4 Å². The molecule has 0 aliphatic carbocycles. The number of rotatable bonds is 5. The van der Waals surface area contributed by atoms with E-state index in [0.29, 0.717) is 11.3 Å². The lowest BCUT2D eigenvalue weighted by Crippen LogP contribution is -2.42. The molecule has 3 aromatic rings. The van der Waals surface area contributed by atoms with Gasteiger partial charge in [0.25, 0.3) is 11.8 Å². The van der Waals surface area contributed by atoms with E-state index in [0.717, 1.165) is 4.68 Å². The summed E-state index contributed by atoms with van der Waals surface area (Å²) in [6.07, 6.45) is 1.56. The first-order chi connectivity index (χ1) is 15.8. The SMILES string of the molecule is CCOC(=O)n1nc(NC(=O)c2ccccn2)c2c1C(C)(C)NC2NC(=O)c1ccccn1.Cl.Cl. The predicted octanol–water partition coefficient (Wildman–Crippen LogP) is 3.04. The standard InChI is InChI=1S/C22H23N7O4.2ClH/c1-4-33-21(32)29-16-15(18(28-29)26-20(31)14-10-6-8-12-24-14)17(27-22(16,2)3)25-19(30)13-9-5-7-11-23-13;;/h5-12,17,27H,4H2,1-3H3,(H,25,30)(H,26,28,31);2*1H. The van der Waals surface area contributed by atoms with Crippen LogP contribution in [0.5, 0.6) is 0 Å². The average molecular weight is 522 g/mol. The van der Waals surface area contributed by atoms with Crippen molar-refractivity contribution in [1.82, 2.24) is 30.4 Å². The molecule has 35 heavy (non-hydrogen) atoms. The van der Waals surface area contributed by atoms with Crippen LogP contribution in [0.4, 0.5) is 10.6 Å². The maximum absolute atomic E-state index is 12.8. The van der Waals surface area contributed by atoms with Crippen LogP contribution in [0.15, 0.2) is 48.8 Å². The van der Waals surface area contributed by atoms with Gasteiger partial charge in [0.2, 0.25) is 0 Å². The van der Waals surface area contributed by atoms with E-state index in [4.69, 9.17) is 4.74 Å². The molecular formula is C22H25Cl2N7O4. The summed E-state index contributed by atoms with van der Waals surface area (Å²) in [7, 11) is 0. The van der Waals surface area contributed by atoms with Crippen LogP contribution in [0.25, 0.3) is 0 Å². The normalized spacial score (nSPS) is 15.1. The maximum atomic E-state index is 12.8. The van der Waals surface area contributed by atoms with Crippen molar-refractivity contribution in [2.24, 2.45) is 0 Å². The van der Waals surface area contributed by atoms with Crippen LogP contribution in [0.3, 0.4) is 0 Å². The molecule has 1 aliphatic rings.